The van der Waals surface area contributed by atoms with Crippen molar-refractivity contribution >= 4 is 12.6 Å². The maximum Gasteiger partial charge on any atom is 0.419 e. The number of halogens is 3. The van der Waals surface area contributed by atoms with Crippen LogP contribution in [0.5, 0.6) is 5.75 Å². The molecule has 1 aliphatic rings. The van der Waals surface area contributed by atoms with E-state index in [4.69, 9.17) is 14.7 Å². The Morgan fingerprint density at radius 1 is 1.27 bits per heavy atom. The predicted octanol–water partition coefficient (Wildman–Crippen LogP) is 4.64. The number of aliphatic hydroxyl groups excluding tert-OH is 1. The highest BCUT2D eigenvalue weighted by molar-refractivity contribution is 5.94. The Morgan fingerprint density at radius 3 is 2.73 bits per heavy atom. The molecule has 9 heteroatoms. The second-order valence-corrected chi connectivity index (χ2v) is 7.97. The average molecular weight is 464 g/mol. The minimum absolute atomic E-state index is 0.0582. The third kappa shape index (κ3) is 6.11. The summed E-state index contributed by atoms with van der Waals surface area (Å²) in [6.07, 6.45) is -3.27. The average Bonchev–Trinajstić information content (AvgIpc) is 3.18. The van der Waals surface area contributed by atoms with Crippen LogP contribution in [0.2, 0.25) is 0 Å². The first-order valence-electron chi connectivity index (χ1n) is 10.7. The number of aliphatic imine (C=N–C) groups is 1. The summed E-state index contributed by atoms with van der Waals surface area (Å²) in [6, 6.07) is 9.73. The zero-order valence-electron chi connectivity index (χ0n) is 18.7. The first-order chi connectivity index (χ1) is 15.7. The van der Waals surface area contributed by atoms with Crippen molar-refractivity contribution in [2.24, 2.45) is 10.1 Å². The van der Waals surface area contributed by atoms with Crippen LogP contribution < -0.4 is 10.1 Å². The third-order valence-corrected chi connectivity index (χ3v) is 5.31. The van der Waals surface area contributed by atoms with Crippen molar-refractivity contribution in [2.45, 2.75) is 51.6 Å². The molecule has 0 spiro atoms. The Hall–Kier alpha value is -2.91. The SMILES string of the molecule is C=NOC(=NCc1cccc2c1CCC2NCCO)c1ccc(OC(C)C)c(C(F)(F)F)c1. The van der Waals surface area contributed by atoms with Gasteiger partial charge in [0.1, 0.15) is 5.75 Å². The zero-order chi connectivity index (χ0) is 24.0. The van der Waals surface area contributed by atoms with Gasteiger partial charge in [-0.15, -0.1) is 0 Å². The standard InChI is InChI=1S/C24H28F3N3O3/c1-15(2)32-22-10-7-16(13-20(22)24(25,26)27)23(33-28-3)30-14-17-5-4-6-19-18(17)8-9-21(19)29-11-12-31/h4-7,10,13,15,21,29,31H,3,8-9,11-12,14H2,1-2H3. The number of rotatable bonds is 9. The monoisotopic (exact) mass is 463 g/mol. The van der Waals surface area contributed by atoms with Crippen molar-refractivity contribution < 1.29 is 27.9 Å². The molecule has 33 heavy (non-hydrogen) atoms. The molecule has 2 aromatic carbocycles. The molecule has 6 nitrogen and oxygen atoms in total. The number of alkyl halides is 3. The second kappa shape index (κ2) is 10.8. The van der Waals surface area contributed by atoms with Crippen molar-refractivity contribution in [3.8, 4) is 5.75 Å². The normalized spacial score (nSPS) is 16.1. The number of aliphatic hydroxyl groups is 1. The number of hydrogen-bond donors (Lipinski definition) is 2. The smallest absolute Gasteiger partial charge is 0.419 e. The molecule has 0 saturated carbocycles. The number of oxime groups is 1. The Morgan fingerprint density at radius 2 is 2.06 bits per heavy atom. The van der Waals surface area contributed by atoms with Crippen LogP contribution in [0.1, 0.15) is 54.1 Å². The molecule has 0 amide bonds. The van der Waals surface area contributed by atoms with Gasteiger partial charge >= 0.3 is 6.18 Å². The van der Waals surface area contributed by atoms with Gasteiger partial charge in [0.2, 0.25) is 0 Å². The van der Waals surface area contributed by atoms with Crippen molar-refractivity contribution in [1.29, 1.82) is 0 Å². The molecule has 2 aromatic rings. The van der Waals surface area contributed by atoms with E-state index < -0.39 is 17.8 Å². The van der Waals surface area contributed by atoms with Crippen molar-refractivity contribution in [3.05, 3.63) is 64.2 Å². The van der Waals surface area contributed by atoms with Gasteiger partial charge < -0.3 is 20.0 Å². The van der Waals surface area contributed by atoms with E-state index in [9.17, 15) is 13.2 Å². The molecule has 0 heterocycles. The van der Waals surface area contributed by atoms with Gasteiger partial charge in [-0.3, -0.25) is 0 Å². The maximum atomic E-state index is 13.6. The van der Waals surface area contributed by atoms with Gasteiger partial charge in [-0.1, -0.05) is 23.4 Å². The lowest BCUT2D eigenvalue weighted by atomic mass is 10.0. The second-order valence-electron chi connectivity index (χ2n) is 7.97. The lowest BCUT2D eigenvalue weighted by molar-refractivity contribution is -0.139. The summed E-state index contributed by atoms with van der Waals surface area (Å²) in [7, 11) is 0. The molecule has 178 valence electrons. The third-order valence-electron chi connectivity index (χ3n) is 5.31. The van der Waals surface area contributed by atoms with Crippen molar-refractivity contribution in [1.82, 2.24) is 5.32 Å². The molecule has 2 N–H and O–H groups in total. The topological polar surface area (TPSA) is 75.4 Å². The molecule has 0 fully saturated rings. The molecule has 0 aliphatic heterocycles. The summed E-state index contributed by atoms with van der Waals surface area (Å²) < 4.78 is 46.2. The Labute approximate surface area is 191 Å². The van der Waals surface area contributed by atoms with Gasteiger partial charge in [-0.2, -0.15) is 13.2 Å². The molecule has 3 rings (SSSR count). The highest BCUT2D eigenvalue weighted by Crippen LogP contribution is 2.38. The summed E-state index contributed by atoms with van der Waals surface area (Å²) in [6.45, 7) is 7.38. The first kappa shape index (κ1) is 24.7. The fourth-order valence-electron chi connectivity index (χ4n) is 3.96. The van der Waals surface area contributed by atoms with Crippen LogP contribution in [-0.4, -0.2) is 37.0 Å². The lowest BCUT2D eigenvalue weighted by Gasteiger charge is -2.17. The van der Waals surface area contributed by atoms with E-state index in [1.807, 2.05) is 18.2 Å². The fourth-order valence-corrected chi connectivity index (χ4v) is 3.96. The molecule has 0 bridgehead atoms. The van der Waals surface area contributed by atoms with E-state index in [1.54, 1.807) is 13.8 Å². The van der Waals surface area contributed by atoms with Gasteiger partial charge in [0.15, 0.2) is 0 Å². The minimum Gasteiger partial charge on any atom is -0.490 e. The van der Waals surface area contributed by atoms with E-state index in [2.05, 4.69) is 22.2 Å². The van der Waals surface area contributed by atoms with Crippen LogP contribution in [0.4, 0.5) is 13.2 Å². The highest BCUT2D eigenvalue weighted by Gasteiger charge is 2.35. The zero-order valence-corrected chi connectivity index (χ0v) is 18.7. The Balaban J connectivity index is 1.91. The largest absolute Gasteiger partial charge is 0.490 e. The van der Waals surface area contributed by atoms with E-state index in [-0.39, 0.29) is 36.4 Å². The molecular formula is C24H28F3N3O3. The number of nitrogens with one attached hydrogen (secondary N) is 1. The van der Waals surface area contributed by atoms with Crippen LogP contribution >= 0.6 is 0 Å². The van der Waals surface area contributed by atoms with Crippen LogP contribution in [0.25, 0.3) is 0 Å². The number of nitrogens with zero attached hydrogens (tertiary/aromatic N) is 2. The van der Waals surface area contributed by atoms with Gasteiger partial charge in [-0.05, 0) is 61.6 Å². The van der Waals surface area contributed by atoms with Crippen molar-refractivity contribution in [2.75, 3.05) is 13.2 Å². The Kier molecular flexibility index (Phi) is 8.10. The predicted molar refractivity (Wildman–Crippen MR) is 121 cm³/mol. The Bertz CT molecular complexity index is 1010. The maximum absolute atomic E-state index is 13.6. The van der Waals surface area contributed by atoms with E-state index >= 15 is 0 Å². The van der Waals surface area contributed by atoms with Gasteiger partial charge in [0.05, 0.1) is 24.8 Å². The van der Waals surface area contributed by atoms with E-state index in [0.29, 0.717) is 6.54 Å². The summed E-state index contributed by atoms with van der Waals surface area (Å²) >= 11 is 0. The summed E-state index contributed by atoms with van der Waals surface area (Å²) in [5.74, 6) is -0.313. The molecular weight excluding hydrogens is 435 g/mol. The molecule has 0 radical (unpaired) electrons. The number of benzene rings is 2. The van der Waals surface area contributed by atoms with Gasteiger partial charge in [-0.25, -0.2) is 4.99 Å². The number of hydrogen-bond acceptors (Lipinski definition) is 6. The lowest BCUT2D eigenvalue weighted by Crippen LogP contribution is -2.22. The van der Waals surface area contributed by atoms with Crippen LogP contribution in [0.15, 0.2) is 46.5 Å². The van der Waals surface area contributed by atoms with Crippen molar-refractivity contribution in [3.63, 3.8) is 0 Å². The molecule has 1 aliphatic carbocycles. The number of fused-ring (bicyclic) bond motifs is 1. The van der Waals surface area contributed by atoms with Crippen LogP contribution in [0, 0.1) is 0 Å². The van der Waals surface area contributed by atoms with Crippen LogP contribution in [0.3, 0.4) is 0 Å². The molecule has 1 unspecified atom stereocenters. The quantitative estimate of drug-likeness (QED) is 0.323. The summed E-state index contributed by atoms with van der Waals surface area (Å²) in [5.41, 5.74) is 2.48. The molecule has 0 aromatic heterocycles. The minimum atomic E-state index is -4.61. The van der Waals surface area contributed by atoms with E-state index in [1.165, 1.54) is 12.1 Å². The van der Waals surface area contributed by atoms with Gasteiger partial charge in [0.25, 0.3) is 5.90 Å². The van der Waals surface area contributed by atoms with Gasteiger partial charge in [0, 0.05) is 24.9 Å². The first-order valence-corrected chi connectivity index (χ1v) is 10.7. The number of ether oxygens (including phenoxy) is 1. The van der Waals surface area contributed by atoms with E-state index in [0.717, 1.165) is 35.6 Å². The van der Waals surface area contributed by atoms with Crippen LogP contribution in [-0.2, 0) is 24.0 Å². The molecule has 1 atom stereocenters. The highest BCUT2D eigenvalue weighted by atomic mass is 19.4. The summed E-state index contributed by atoms with van der Waals surface area (Å²) in [4.78, 5) is 9.57. The fraction of sp³-hybridized carbons (Fsp3) is 0.417. The summed E-state index contributed by atoms with van der Waals surface area (Å²) in [5, 5.41) is 15.8. The molecule has 0 saturated heterocycles.